The molecular formula is C15H20N6O2. The van der Waals surface area contributed by atoms with E-state index in [1.807, 2.05) is 19.1 Å². The van der Waals surface area contributed by atoms with Crippen molar-refractivity contribution in [1.82, 2.24) is 20.3 Å². The predicted molar refractivity (Wildman–Crippen MR) is 85.6 cm³/mol. The van der Waals surface area contributed by atoms with E-state index in [1.54, 1.807) is 17.9 Å². The highest BCUT2D eigenvalue weighted by atomic mass is 16.5. The minimum atomic E-state index is -0.0879. The minimum absolute atomic E-state index is 0.0879. The molecule has 23 heavy (non-hydrogen) atoms. The number of nitrogens with one attached hydrogen (secondary N) is 1. The second kappa shape index (κ2) is 6.64. The van der Waals surface area contributed by atoms with Gasteiger partial charge in [0.2, 0.25) is 0 Å². The Bertz CT molecular complexity index is 661. The van der Waals surface area contributed by atoms with Gasteiger partial charge in [0.15, 0.2) is 11.5 Å². The molecule has 1 saturated heterocycles. The van der Waals surface area contributed by atoms with Crippen LogP contribution in [-0.4, -0.2) is 58.9 Å². The Morgan fingerprint density at radius 1 is 1.26 bits per heavy atom. The van der Waals surface area contributed by atoms with Crippen LogP contribution in [0, 0.1) is 6.92 Å². The van der Waals surface area contributed by atoms with Crippen molar-refractivity contribution in [2.45, 2.75) is 13.8 Å². The van der Waals surface area contributed by atoms with E-state index in [-0.39, 0.29) is 5.91 Å². The Labute approximate surface area is 134 Å². The maximum atomic E-state index is 12.3. The molecule has 1 fully saturated rings. The van der Waals surface area contributed by atoms with Crippen LogP contribution in [0.2, 0.25) is 0 Å². The Morgan fingerprint density at radius 2 is 2.04 bits per heavy atom. The first-order valence-corrected chi connectivity index (χ1v) is 7.72. The summed E-state index contributed by atoms with van der Waals surface area (Å²) < 4.78 is 4.97. The van der Waals surface area contributed by atoms with Crippen molar-refractivity contribution in [3.63, 3.8) is 0 Å². The number of nitrogens with zero attached hydrogens (tertiary/aromatic N) is 5. The summed E-state index contributed by atoms with van der Waals surface area (Å²) >= 11 is 0. The van der Waals surface area contributed by atoms with Crippen LogP contribution in [0.1, 0.15) is 23.2 Å². The number of carbonyl (C=O) groups is 1. The molecule has 3 heterocycles. The van der Waals surface area contributed by atoms with Crippen LogP contribution >= 0.6 is 0 Å². The number of hydrogen-bond donors (Lipinski definition) is 1. The van der Waals surface area contributed by atoms with Crippen molar-refractivity contribution < 1.29 is 9.32 Å². The van der Waals surface area contributed by atoms with Gasteiger partial charge in [0, 0.05) is 38.8 Å². The Hall–Kier alpha value is -2.64. The summed E-state index contributed by atoms with van der Waals surface area (Å²) in [5, 5.41) is 15.3. The number of piperazine rings is 1. The summed E-state index contributed by atoms with van der Waals surface area (Å²) in [4.78, 5) is 16.2. The highest BCUT2D eigenvalue weighted by Gasteiger charge is 2.24. The van der Waals surface area contributed by atoms with Gasteiger partial charge in [0.05, 0.1) is 0 Å². The molecule has 0 saturated carbocycles. The molecule has 8 nitrogen and oxygen atoms in total. The van der Waals surface area contributed by atoms with Gasteiger partial charge in [-0.3, -0.25) is 4.79 Å². The molecule has 8 heteroatoms. The van der Waals surface area contributed by atoms with E-state index in [4.69, 9.17) is 4.52 Å². The zero-order valence-corrected chi connectivity index (χ0v) is 13.3. The van der Waals surface area contributed by atoms with E-state index in [9.17, 15) is 4.79 Å². The minimum Gasteiger partial charge on any atom is -0.369 e. The summed E-state index contributed by atoms with van der Waals surface area (Å²) in [6, 6.07) is 5.53. The lowest BCUT2D eigenvalue weighted by molar-refractivity contribution is 0.0736. The van der Waals surface area contributed by atoms with Gasteiger partial charge in [0.25, 0.3) is 5.91 Å². The van der Waals surface area contributed by atoms with Gasteiger partial charge in [-0.15, -0.1) is 10.2 Å². The Morgan fingerprint density at radius 3 is 2.61 bits per heavy atom. The van der Waals surface area contributed by atoms with Crippen molar-refractivity contribution in [2.24, 2.45) is 0 Å². The van der Waals surface area contributed by atoms with Crippen LogP contribution in [0.4, 0.5) is 11.6 Å². The molecule has 0 unspecified atom stereocenters. The molecule has 1 amide bonds. The molecule has 1 aliphatic heterocycles. The van der Waals surface area contributed by atoms with Gasteiger partial charge >= 0.3 is 0 Å². The molecule has 122 valence electrons. The SMILES string of the molecule is CCNc1ccc(N2CCN(C(=O)c3cc(C)on3)CC2)nn1. The van der Waals surface area contributed by atoms with Crippen LogP contribution in [0.15, 0.2) is 22.7 Å². The third kappa shape index (κ3) is 3.41. The van der Waals surface area contributed by atoms with Crippen molar-refractivity contribution >= 4 is 17.5 Å². The number of aromatic nitrogens is 3. The van der Waals surface area contributed by atoms with Crippen LogP contribution < -0.4 is 10.2 Å². The molecule has 2 aromatic rings. The second-order valence-electron chi connectivity index (χ2n) is 5.41. The highest BCUT2D eigenvalue weighted by Crippen LogP contribution is 2.15. The predicted octanol–water partition coefficient (Wildman–Crippen LogP) is 1.17. The molecule has 0 radical (unpaired) electrons. The standard InChI is InChI=1S/C15H20N6O2/c1-3-16-13-4-5-14(18-17-13)20-6-8-21(9-7-20)15(22)12-10-11(2)23-19-12/h4-5,10H,3,6-9H2,1-2H3,(H,16,17). The van der Waals surface area contributed by atoms with E-state index in [2.05, 4.69) is 25.6 Å². The van der Waals surface area contributed by atoms with Crippen molar-refractivity contribution in [3.05, 3.63) is 29.7 Å². The summed E-state index contributed by atoms with van der Waals surface area (Å²) in [6.45, 7) is 7.30. The zero-order valence-electron chi connectivity index (χ0n) is 13.3. The number of aryl methyl sites for hydroxylation is 1. The quantitative estimate of drug-likeness (QED) is 0.905. The number of amides is 1. The number of carbonyl (C=O) groups excluding carboxylic acids is 1. The van der Waals surface area contributed by atoms with E-state index < -0.39 is 0 Å². The monoisotopic (exact) mass is 316 g/mol. The molecule has 1 aliphatic rings. The average Bonchev–Trinajstić information content (AvgIpc) is 3.02. The van der Waals surface area contributed by atoms with Crippen molar-refractivity contribution in [3.8, 4) is 0 Å². The summed E-state index contributed by atoms with van der Waals surface area (Å²) in [5.41, 5.74) is 0.366. The molecule has 0 bridgehead atoms. The van der Waals surface area contributed by atoms with Crippen molar-refractivity contribution in [2.75, 3.05) is 42.9 Å². The molecule has 0 aromatic carbocycles. The van der Waals surface area contributed by atoms with Crippen LogP contribution in [0.5, 0.6) is 0 Å². The molecule has 1 N–H and O–H groups in total. The smallest absolute Gasteiger partial charge is 0.276 e. The van der Waals surface area contributed by atoms with Gasteiger partial charge < -0.3 is 19.6 Å². The van der Waals surface area contributed by atoms with E-state index in [0.717, 1.165) is 31.3 Å². The maximum Gasteiger partial charge on any atom is 0.276 e. The number of hydrogen-bond acceptors (Lipinski definition) is 7. The summed E-state index contributed by atoms with van der Waals surface area (Å²) in [7, 11) is 0. The Balaban J connectivity index is 1.58. The molecule has 2 aromatic heterocycles. The molecule has 3 rings (SSSR count). The summed E-state index contributed by atoms with van der Waals surface area (Å²) in [6.07, 6.45) is 0. The van der Waals surface area contributed by atoms with Crippen LogP contribution in [0.3, 0.4) is 0 Å². The molecule has 0 aliphatic carbocycles. The van der Waals surface area contributed by atoms with Gasteiger partial charge in [-0.1, -0.05) is 5.16 Å². The number of rotatable bonds is 4. The first-order chi connectivity index (χ1) is 11.2. The fourth-order valence-electron chi connectivity index (χ4n) is 2.54. The van der Waals surface area contributed by atoms with Crippen LogP contribution in [0.25, 0.3) is 0 Å². The van der Waals surface area contributed by atoms with Crippen molar-refractivity contribution in [1.29, 1.82) is 0 Å². The third-order valence-electron chi connectivity index (χ3n) is 3.75. The molecule has 0 spiro atoms. The van der Waals surface area contributed by atoms with E-state index in [0.29, 0.717) is 24.5 Å². The maximum absolute atomic E-state index is 12.3. The Kier molecular flexibility index (Phi) is 4.40. The lowest BCUT2D eigenvalue weighted by atomic mass is 10.2. The normalized spacial score (nSPS) is 14.9. The third-order valence-corrected chi connectivity index (χ3v) is 3.75. The molecule has 0 atom stereocenters. The molecular weight excluding hydrogens is 296 g/mol. The largest absolute Gasteiger partial charge is 0.369 e. The van der Waals surface area contributed by atoms with Gasteiger partial charge in [0.1, 0.15) is 11.6 Å². The highest BCUT2D eigenvalue weighted by molar-refractivity contribution is 5.92. The van der Waals surface area contributed by atoms with E-state index >= 15 is 0 Å². The van der Waals surface area contributed by atoms with Gasteiger partial charge in [-0.25, -0.2) is 0 Å². The first-order valence-electron chi connectivity index (χ1n) is 7.72. The second-order valence-corrected chi connectivity index (χ2v) is 5.41. The van der Waals surface area contributed by atoms with Crippen LogP contribution in [-0.2, 0) is 0 Å². The van der Waals surface area contributed by atoms with Gasteiger partial charge in [-0.2, -0.15) is 0 Å². The zero-order chi connectivity index (χ0) is 16.2. The average molecular weight is 316 g/mol. The first kappa shape index (κ1) is 15.3. The number of anilines is 2. The fourth-order valence-corrected chi connectivity index (χ4v) is 2.54. The van der Waals surface area contributed by atoms with E-state index in [1.165, 1.54) is 0 Å². The van der Waals surface area contributed by atoms with Gasteiger partial charge in [-0.05, 0) is 26.0 Å². The summed E-state index contributed by atoms with van der Waals surface area (Å²) in [5.74, 6) is 2.15. The fraction of sp³-hybridized carbons (Fsp3) is 0.467. The topological polar surface area (TPSA) is 87.4 Å². The lowest BCUT2D eigenvalue weighted by Gasteiger charge is -2.34. The lowest BCUT2D eigenvalue weighted by Crippen LogP contribution is -2.49.